The summed E-state index contributed by atoms with van der Waals surface area (Å²) in [5, 5.41) is 6.81. The molecule has 2 heterocycles. The smallest absolute Gasteiger partial charge is 0.234 e. The third-order valence-corrected chi connectivity index (χ3v) is 6.98. The van der Waals surface area contributed by atoms with E-state index in [0.717, 1.165) is 49.2 Å². The van der Waals surface area contributed by atoms with Gasteiger partial charge in [-0.3, -0.25) is 9.69 Å². The van der Waals surface area contributed by atoms with E-state index in [2.05, 4.69) is 22.5 Å². The molecule has 2 bridgehead atoms. The molecule has 22 heavy (non-hydrogen) atoms. The predicted molar refractivity (Wildman–Crippen MR) is 87.4 cm³/mol. The van der Waals surface area contributed by atoms with E-state index in [1.807, 2.05) is 0 Å². The van der Waals surface area contributed by atoms with Gasteiger partial charge in [0.15, 0.2) is 0 Å². The van der Waals surface area contributed by atoms with Crippen molar-refractivity contribution in [2.24, 2.45) is 29.6 Å². The van der Waals surface area contributed by atoms with E-state index in [-0.39, 0.29) is 5.91 Å². The number of nitrogens with one attached hydrogen (secondary N) is 2. The number of carbonyl (C=O) groups excluding carboxylic acids is 1. The fraction of sp³-hybridized carbons (Fsp3) is 0.944. The van der Waals surface area contributed by atoms with Crippen LogP contribution in [-0.2, 0) is 4.79 Å². The van der Waals surface area contributed by atoms with E-state index in [1.54, 1.807) is 0 Å². The number of amides is 1. The second-order valence-electron chi connectivity index (χ2n) is 8.40. The predicted octanol–water partition coefficient (Wildman–Crippen LogP) is 1.47. The van der Waals surface area contributed by atoms with Gasteiger partial charge in [0.05, 0.1) is 6.54 Å². The first-order valence-electron chi connectivity index (χ1n) is 9.41. The number of piperidine rings is 1. The highest BCUT2D eigenvalue weighted by Crippen LogP contribution is 2.49. The molecule has 2 aliphatic carbocycles. The van der Waals surface area contributed by atoms with Crippen LogP contribution in [0.15, 0.2) is 0 Å². The van der Waals surface area contributed by atoms with Gasteiger partial charge in [0.2, 0.25) is 5.91 Å². The Labute approximate surface area is 134 Å². The average Bonchev–Trinajstić information content (AvgIpc) is 3.22. The zero-order valence-corrected chi connectivity index (χ0v) is 13.9. The average molecular weight is 305 g/mol. The molecule has 124 valence electrons. The van der Waals surface area contributed by atoms with Gasteiger partial charge < -0.3 is 10.6 Å². The van der Waals surface area contributed by atoms with Crippen LogP contribution in [0.3, 0.4) is 0 Å². The van der Waals surface area contributed by atoms with Crippen LogP contribution >= 0.6 is 0 Å². The van der Waals surface area contributed by atoms with Crippen molar-refractivity contribution in [3.05, 3.63) is 0 Å². The molecular formula is C18H31N3O. The van der Waals surface area contributed by atoms with E-state index in [1.165, 1.54) is 38.6 Å². The quantitative estimate of drug-likeness (QED) is 0.827. The van der Waals surface area contributed by atoms with Crippen molar-refractivity contribution in [1.82, 2.24) is 15.5 Å². The Morgan fingerprint density at radius 3 is 2.82 bits per heavy atom. The molecule has 6 unspecified atom stereocenters. The van der Waals surface area contributed by atoms with E-state index in [4.69, 9.17) is 0 Å². The normalized spacial score (nSPS) is 42.3. The number of nitrogens with zero attached hydrogens (tertiary/aromatic N) is 1. The summed E-state index contributed by atoms with van der Waals surface area (Å²) in [6.45, 7) is 7.37. The van der Waals surface area contributed by atoms with Crippen molar-refractivity contribution in [2.75, 3.05) is 32.7 Å². The molecule has 2 saturated heterocycles. The maximum Gasteiger partial charge on any atom is 0.234 e. The highest BCUT2D eigenvalue weighted by Gasteiger charge is 2.42. The van der Waals surface area contributed by atoms with Crippen molar-refractivity contribution >= 4 is 5.91 Å². The molecule has 4 aliphatic rings. The molecule has 2 N–H and O–H groups in total. The van der Waals surface area contributed by atoms with Gasteiger partial charge in [-0.2, -0.15) is 0 Å². The van der Waals surface area contributed by atoms with Crippen LogP contribution < -0.4 is 10.6 Å². The summed E-state index contributed by atoms with van der Waals surface area (Å²) in [6, 6.07) is 0.369. The molecule has 4 fully saturated rings. The van der Waals surface area contributed by atoms with Crippen LogP contribution in [0, 0.1) is 29.6 Å². The first kappa shape index (κ1) is 14.9. The minimum absolute atomic E-state index is 0.250. The zero-order chi connectivity index (χ0) is 15.1. The number of likely N-dealkylation sites (tertiary alicyclic amines) is 1. The van der Waals surface area contributed by atoms with Crippen LogP contribution in [-0.4, -0.2) is 49.6 Å². The van der Waals surface area contributed by atoms with Crippen molar-refractivity contribution in [3.8, 4) is 0 Å². The standard InChI is InChI=1S/C18H31N3O/c1-12(17-7-13-2-3-14(17)6-13)20-18(22)11-21-5-4-15-8-19-9-16(15)10-21/h12-17,19H,2-11H2,1H3,(H,20,22). The summed E-state index contributed by atoms with van der Waals surface area (Å²) in [6.07, 6.45) is 6.87. The Hall–Kier alpha value is -0.610. The summed E-state index contributed by atoms with van der Waals surface area (Å²) in [4.78, 5) is 14.8. The Bertz CT molecular complexity index is 427. The van der Waals surface area contributed by atoms with Crippen LogP contribution in [0.5, 0.6) is 0 Å². The summed E-state index contributed by atoms with van der Waals surface area (Å²) in [5.74, 6) is 4.47. The lowest BCUT2D eigenvalue weighted by Crippen LogP contribution is -2.48. The summed E-state index contributed by atoms with van der Waals surface area (Å²) < 4.78 is 0. The third-order valence-electron chi connectivity index (χ3n) is 6.98. The molecule has 4 heteroatoms. The van der Waals surface area contributed by atoms with Crippen molar-refractivity contribution in [1.29, 1.82) is 0 Å². The van der Waals surface area contributed by atoms with Gasteiger partial charge in [-0.25, -0.2) is 0 Å². The lowest BCUT2D eigenvalue weighted by Gasteiger charge is -2.34. The summed E-state index contributed by atoms with van der Waals surface area (Å²) >= 11 is 0. The Kier molecular flexibility index (Phi) is 4.16. The Morgan fingerprint density at radius 2 is 2.05 bits per heavy atom. The number of carbonyl (C=O) groups is 1. The van der Waals surface area contributed by atoms with Gasteiger partial charge in [-0.05, 0) is 81.8 Å². The van der Waals surface area contributed by atoms with Gasteiger partial charge in [0.25, 0.3) is 0 Å². The maximum absolute atomic E-state index is 12.4. The molecular weight excluding hydrogens is 274 g/mol. The third kappa shape index (κ3) is 2.92. The lowest BCUT2D eigenvalue weighted by atomic mass is 9.84. The molecule has 4 nitrogen and oxygen atoms in total. The van der Waals surface area contributed by atoms with Crippen LogP contribution in [0.1, 0.15) is 39.0 Å². The van der Waals surface area contributed by atoms with Crippen molar-refractivity contribution in [3.63, 3.8) is 0 Å². The van der Waals surface area contributed by atoms with Gasteiger partial charge in [0.1, 0.15) is 0 Å². The van der Waals surface area contributed by atoms with Gasteiger partial charge >= 0.3 is 0 Å². The van der Waals surface area contributed by atoms with Gasteiger partial charge in [-0.15, -0.1) is 0 Å². The Morgan fingerprint density at radius 1 is 1.18 bits per heavy atom. The highest BCUT2D eigenvalue weighted by molar-refractivity contribution is 5.78. The molecule has 0 radical (unpaired) electrons. The fourth-order valence-electron chi connectivity index (χ4n) is 5.77. The van der Waals surface area contributed by atoms with Crippen molar-refractivity contribution in [2.45, 2.75) is 45.1 Å². The molecule has 6 atom stereocenters. The largest absolute Gasteiger partial charge is 0.352 e. The zero-order valence-electron chi connectivity index (χ0n) is 13.9. The molecule has 4 rings (SSSR count). The first-order valence-corrected chi connectivity index (χ1v) is 9.41. The molecule has 1 amide bonds. The highest BCUT2D eigenvalue weighted by atomic mass is 16.2. The number of hydrogen-bond donors (Lipinski definition) is 2. The van der Waals surface area contributed by atoms with Gasteiger partial charge in [-0.1, -0.05) is 6.42 Å². The van der Waals surface area contributed by atoms with E-state index >= 15 is 0 Å². The first-order chi connectivity index (χ1) is 10.7. The van der Waals surface area contributed by atoms with Crippen molar-refractivity contribution < 1.29 is 4.79 Å². The molecule has 0 aromatic carbocycles. The number of fused-ring (bicyclic) bond motifs is 3. The molecule has 0 aromatic heterocycles. The topological polar surface area (TPSA) is 44.4 Å². The number of rotatable bonds is 4. The fourth-order valence-corrected chi connectivity index (χ4v) is 5.77. The van der Waals surface area contributed by atoms with E-state index in [9.17, 15) is 4.79 Å². The summed E-state index contributed by atoms with van der Waals surface area (Å²) in [7, 11) is 0. The SMILES string of the molecule is CC(NC(=O)CN1CCC2CNCC2C1)C1CC2CCC1C2. The molecule has 2 saturated carbocycles. The van der Waals surface area contributed by atoms with Crippen LogP contribution in [0.2, 0.25) is 0 Å². The van der Waals surface area contributed by atoms with E-state index in [0.29, 0.717) is 12.6 Å². The molecule has 2 aliphatic heterocycles. The lowest BCUT2D eigenvalue weighted by molar-refractivity contribution is -0.123. The molecule has 0 aromatic rings. The van der Waals surface area contributed by atoms with Crippen LogP contribution in [0.4, 0.5) is 0 Å². The second-order valence-corrected chi connectivity index (χ2v) is 8.40. The number of hydrogen-bond acceptors (Lipinski definition) is 3. The summed E-state index contributed by atoms with van der Waals surface area (Å²) in [5.41, 5.74) is 0. The maximum atomic E-state index is 12.4. The minimum atomic E-state index is 0.250. The molecule has 0 spiro atoms. The second kappa shape index (κ2) is 6.12. The monoisotopic (exact) mass is 305 g/mol. The minimum Gasteiger partial charge on any atom is -0.352 e. The van der Waals surface area contributed by atoms with Gasteiger partial charge in [0, 0.05) is 12.6 Å². The Balaban J connectivity index is 1.24. The van der Waals surface area contributed by atoms with E-state index < -0.39 is 0 Å². The van der Waals surface area contributed by atoms with Crippen LogP contribution in [0.25, 0.3) is 0 Å².